The van der Waals surface area contributed by atoms with Crippen LogP contribution in [0.15, 0.2) is 30.3 Å². The zero-order valence-corrected chi connectivity index (χ0v) is 10.9. The fourth-order valence-electron chi connectivity index (χ4n) is 2.42. The predicted molar refractivity (Wildman–Crippen MR) is 72.1 cm³/mol. The average molecular weight is 276 g/mol. The van der Waals surface area contributed by atoms with E-state index in [2.05, 4.69) is 10.6 Å². The van der Waals surface area contributed by atoms with Gasteiger partial charge >= 0.3 is 12.0 Å². The molecule has 6 nitrogen and oxygen atoms in total. The van der Waals surface area contributed by atoms with E-state index >= 15 is 0 Å². The van der Waals surface area contributed by atoms with Crippen LogP contribution in [0.1, 0.15) is 25.7 Å². The van der Waals surface area contributed by atoms with E-state index in [0.717, 1.165) is 0 Å². The number of nitrogens with one attached hydrogen (secondary N) is 2. The molecule has 0 aromatic heterocycles. The molecule has 20 heavy (non-hydrogen) atoms. The Morgan fingerprint density at radius 3 is 2.20 bits per heavy atom. The highest BCUT2D eigenvalue weighted by Gasteiger charge is 2.48. The minimum Gasteiger partial charge on any atom is -0.480 e. The Kier molecular flexibility index (Phi) is 4.02. The Balaban J connectivity index is 2.00. The monoisotopic (exact) mass is 276 g/mol. The van der Waals surface area contributed by atoms with Gasteiger partial charge in [-0.05, 0) is 25.0 Å². The number of imide groups is 1. The molecular formula is C14H16N2O4. The number of urea groups is 1. The number of hydrogen-bond donors (Lipinski definition) is 3. The summed E-state index contributed by atoms with van der Waals surface area (Å²) in [6.45, 7) is 0. The normalized spacial score (nSPS) is 16.4. The largest absolute Gasteiger partial charge is 0.480 e. The van der Waals surface area contributed by atoms with Crippen molar-refractivity contribution >= 4 is 23.6 Å². The molecule has 1 aromatic rings. The molecule has 1 aromatic carbocycles. The first kappa shape index (κ1) is 14.0. The zero-order valence-electron chi connectivity index (χ0n) is 10.9. The summed E-state index contributed by atoms with van der Waals surface area (Å²) in [7, 11) is 0. The highest BCUT2D eigenvalue weighted by Crippen LogP contribution is 2.38. The highest BCUT2D eigenvalue weighted by molar-refractivity contribution is 6.10. The number of carbonyl (C=O) groups excluding carboxylic acids is 2. The Labute approximate surface area is 116 Å². The van der Waals surface area contributed by atoms with Crippen molar-refractivity contribution in [1.29, 1.82) is 0 Å². The molecule has 3 N–H and O–H groups in total. The molecule has 106 valence electrons. The van der Waals surface area contributed by atoms with Crippen LogP contribution in [-0.2, 0) is 9.59 Å². The molecular weight excluding hydrogens is 260 g/mol. The zero-order chi connectivity index (χ0) is 14.6. The predicted octanol–water partition coefficient (Wildman–Crippen LogP) is 1.98. The Hall–Kier alpha value is -2.37. The van der Waals surface area contributed by atoms with Gasteiger partial charge in [-0.3, -0.25) is 14.9 Å². The maximum Gasteiger partial charge on any atom is 0.325 e. The summed E-state index contributed by atoms with van der Waals surface area (Å²) in [5.41, 5.74) is -0.929. The van der Waals surface area contributed by atoms with Gasteiger partial charge in [-0.25, -0.2) is 4.79 Å². The summed E-state index contributed by atoms with van der Waals surface area (Å²) < 4.78 is 0. The van der Waals surface area contributed by atoms with Gasteiger partial charge < -0.3 is 10.4 Å². The molecule has 1 saturated carbocycles. The standard InChI is InChI=1S/C14H16N2O4/c17-11(14(12(18)19)8-4-5-9-14)16-13(20)15-10-6-2-1-3-7-10/h1-3,6-7H,4-5,8-9H2,(H,18,19)(H2,15,16,17,20). The van der Waals surface area contributed by atoms with Gasteiger partial charge in [0.2, 0.25) is 5.91 Å². The third-order valence-corrected chi connectivity index (χ3v) is 3.56. The third-order valence-electron chi connectivity index (χ3n) is 3.56. The smallest absolute Gasteiger partial charge is 0.325 e. The summed E-state index contributed by atoms with van der Waals surface area (Å²) in [5, 5.41) is 13.9. The first-order valence-corrected chi connectivity index (χ1v) is 6.45. The summed E-state index contributed by atoms with van der Waals surface area (Å²) in [5.74, 6) is -1.91. The van der Waals surface area contributed by atoms with Crippen LogP contribution in [0.2, 0.25) is 0 Å². The number of benzene rings is 1. The fourth-order valence-corrected chi connectivity index (χ4v) is 2.42. The number of carboxylic acids is 1. The number of rotatable bonds is 3. The van der Waals surface area contributed by atoms with E-state index in [9.17, 15) is 19.5 Å². The quantitative estimate of drug-likeness (QED) is 0.735. The molecule has 0 spiro atoms. The molecule has 0 radical (unpaired) electrons. The minimum absolute atomic E-state index is 0.271. The second-order valence-corrected chi connectivity index (χ2v) is 4.87. The fraction of sp³-hybridized carbons (Fsp3) is 0.357. The van der Waals surface area contributed by atoms with Crippen molar-refractivity contribution in [2.45, 2.75) is 25.7 Å². The van der Waals surface area contributed by atoms with Crippen LogP contribution >= 0.6 is 0 Å². The second kappa shape index (κ2) is 5.73. The minimum atomic E-state index is -1.46. The lowest BCUT2D eigenvalue weighted by Crippen LogP contribution is -2.48. The van der Waals surface area contributed by atoms with Crippen molar-refractivity contribution in [1.82, 2.24) is 5.32 Å². The van der Waals surface area contributed by atoms with Crippen molar-refractivity contribution in [2.24, 2.45) is 5.41 Å². The second-order valence-electron chi connectivity index (χ2n) is 4.87. The van der Waals surface area contributed by atoms with E-state index in [1.54, 1.807) is 30.3 Å². The van der Waals surface area contributed by atoms with Crippen molar-refractivity contribution in [2.75, 3.05) is 5.32 Å². The van der Waals surface area contributed by atoms with E-state index in [-0.39, 0.29) is 12.8 Å². The van der Waals surface area contributed by atoms with Crippen LogP contribution in [0, 0.1) is 5.41 Å². The van der Waals surface area contributed by atoms with Crippen molar-refractivity contribution in [3.63, 3.8) is 0 Å². The van der Waals surface area contributed by atoms with Gasteiger partial charge in [0.1, 0.15) is 5.41 Å². The maximum atomic E-state index is 12.1. The lowest BCUT2D eigenvalue weighted by Gasteiger charge is -2.21. The molecule has 0 heterocycles. The number of hydrogen-bond acceptors (Lipinski definition) is 3. The molecule has 6 heteroatoms. The van der Waals surface area contributed by atoms with Crippen LogP contribution in [0.5, 0.6) is 0 Å². The van der Waals surface area contributed by atoms with E-state index in [1.165, 1.54) is 0 Å². The number of para-hydroxylation sites is 1. The molecule has 0 bridgehead atoms. The number of carboxylic acid groups (broad SMARTS) is 1. The Morgan fingerprint density at radius 2 is 1.65 bits per heavy atom. The molecule has 0 atom stereocenters. The maximum absolute atomic E-state index is 12.1. The van der Waals surface area contributed by atoms with Crippen molar-refractivity contribution in [3.8, 4) is 0 Å². The molecule has 0 saturated heterocycles. The highest BCUT2D eigenvalue weighted by atomic mass is 16.4. The van der Waals surface area contributed by atoms with Crippen LogP contribution in [0.3, 0.4) is 0 Å². The summed E-state index contributed by atoms with van der Waals surface area (Å²) in [6, 6.07) is 7.92. The van der Waals surface area contributed by atoms with Crippen molar-refractivity contribution < 1.29 is 19.5 Å². The molecule has 1 aliphatic carbocycles. The molecule has 0 unspecified atom stereocenters. The summed E-state index contributed by atoms with van der Waals surface area (Å²) in [6.07, 6.45) is 1.90. The SMILES string of the molecule is O=C(NC(=O)C1(C(=O)O)CCCC1)Nc1ccccc1. The molecule has 1 fully saturated rings. The lowest BCUT2D eigenvalue weighted by atomic mass is 9.85. The van der Waals surface area contributed by atoms with Crippen molar-refractivity contribution in [3.05, 3.63) is 30.3 Å². The number of carbonyl (C=O) groups is 3. The van der Waals surface area contributed by atoms with E-state index in [1.807, 2.05) is 0 Å². The third kappa shape index (κ3) is 2.79. The van der Waals surface area contributed by atoms with Gasteiger partial charge in [0.05, 0.1) is 0 Å². The lowest BCUT2D eigenvalue weighted by molar-refractivity contribution is -0.155. The van der Waals surface area contributed by atoms with Gasteiger partial charge in [0, 0.05) is 5.69 Å². The van der Waals surface area contributed by atoms with E-state index in [0.29, 0.717) is 18.5 Å². The van der Waals surface area contributed by atoms with Gasteiger partial charge in [-0.2, -0.15) is 0 Å². The summed E-state index contributed by atoms with van der Waals surface area (Å²) in [4.78, 5) is 35.1. The summed E-state index contributed by atoms with van der Waals surface area (Å²) >= 11 is 0. The van der Waals surface area contributed by atoms with Crippen LogP contribution < -0.4 is 10.6 Å². The van der Waals surface area contributed by atoms with Gasteiger partial charge in [0.15, 0.2) is 0 Å². The Bertz CT molecular complexity index is 521. The first-order valence-electron chi connectivity index (χ1n) is 6.45. The number of amides is 3. The van der Waals surface area contributed by atoms with Crippen LogP contribution in [0.25, 0.3) is 0 Å². The Morgan fingerprint density at radius 1 is 1.05 bits per heavy atom. The molecule has 2 rings (SSSR count). The number of aliphatic carboxylic acids is 1. The number of anilines is 1. The molecule has 0 aliphatic heterocycles. The van der Waals surface area contributed by atoms with Crippen LogP contribution in [-0.4, -0.2) is 23.0 Å². The topological polar surface area (TPSA) is 95.5 Å². The van der Waals surface area contributed by atoms with Gasteiger partial charge in [-0.1, -0.05) is 31.0 Å². The van der Waals surface area contributed by atoms with Crippen LogP contribution in [0.4, 0.5) is 10.5 Å². The van der Waals surface area contributed by atoms with E-state index < -0.39 is 23.3 Å². The van der Waals surface area contributed by atoms with Gasteiger partial charge in [0.25, 0.3) is 0 Å². The average Bonchev–Trinajstić information content (AvgIpc) is 2.90. The first-order chi connectivity index (χ1) is 9.54. The van der Waals surface area contributed by atoms with E-state index in [4.69, 9.17) is 0 Å². The molecule has 3 amide bonds. The van der Waals surface area contributed by atoms with Gasteiger partial charge in [-0.15, -0.1) is 0 Å². The molecule has 1 aliphatic rings.